The summed E-state index contributed by atoms with van der Waals surface area (Å²) in [6.07, 6.45) is 1.41. The smallest absolute Gasteiger partial charge is 0.271 e. The third kappa shape index (κ3) is 6.84. The molecular formula is C23H19BrN4O7. The number of hydrogen-bond acceptors (Lipinski definition) is 8. The van der Waals surface area contributed by atoms with Crippen molar-refractivity contribution in [2.75, 3.05) is 6.61 Å². The number of nitrogens with zero attached hydrogens (tertiary/aromatic N) is 3. The molecule has 11 nitrogen and oxygen atoms in total. The zero-order valence-corrected chi connectivity index (χ0v) is 19.9. The van der Waals surface area contributed by atoms with E-state index >= 15 is 0 Å². The molecule has 180 valence electrons. The quantitative estimate of drug-likeness (QED) is 0.215. The van der Waals surface area contributed by atoms with Gasteiger partial charge in [-0.2, -0.15) is 5.10 Å². The highest BCUT2D eigenvalue weighted by Crippen LogP contribution is 2.37. The van der Waals surface area contributed by atoms with Crippen LogP contribution in [-0.4, -0.2) is 28.6 Å². The molecule has 0 atom stereocenters. The van der Waals surface area contributed by atoms with Crippen LogP contribution >= 0.6 is 15.9 Å². The maximum atomic E-state index is 12.2. The van der Waals surface area contributed by atoms with Gasteiger partial charge in [0.25, 0.3) is 17.3 Å². The number of carbonyl (C=O) groups is 1. The molecule has 3 rings (SSSR count). The number of ether oxygens (including phenoxy) is 2. The summed E-state index contributed by atoms with van der Waals surface area (Å²) in [6, 6.07) is 14.6. The highest BCUT2D eigenvalue weighted by atomic mass is 79.9. The molecule has 3 aromatic rings. The number of hydrogen-bond donors (Lipinski definition) is 1. The van der Waals surface area contributed by atoms with Crippen LogP contribution in [0.3, 0.4) is 0 Å². The van der Waals surface area contributed by atoms with Gasteiger partial charge in [0.2, 0.25) is 0 Å². The Balaban J connectivity index is 1.69. The van der Waals surface area contributed by atoms with E-state index in [1.807, 2.05) is 6.92 Å². The number of rotatable bonds is 10. The van der Waals surface area contributed by atoms with Crippen molar-refractivity contribution in [3.8, 4) is 11.5 Å². The standard InChI is InChI=1S/C23H19BrN4O7/c1-2-34-21-12-16(13-25-26-23(29)17-5-9-19(10-6-17)28(32)33)11-20(24)22(21)35-14-15-3-7-18(8-4-15)27(30)31/h3-13H,2,14H2,1H3,(H,26,29)/b25-13-. The summed E-state index contributed by atoms with van der Waals surface area (Å²) in [7, 11) is 0. The van der Waals surface area contributed by atoms with Crippen molar-refractivity contribution in [1.29, 1.82) is 0 Å². The lowest BCUT2D eigenvalue weighted by atomic mass is 10.2. The molecule has 0 bridgehead atoms. The topological polar surface area (TPSA) is 146 Å². The first kappa shape index (κ1) is 25.3. The van der Waals surface area contributed by atoms with Gasteiger partial charge in [0.1, 0.15) is 6.61 Å². The van der Waals surface area contributed by atoms with Crippen LogP contribution in [0.1, 0.15) is 28.4 Å². The van der Waals surface area contributed by atoms with Crippen LogP contribution < -0.4 is 14.9 Å². The Kier molecular flexibility index (Phi) is 8.46. The molecule has 0 aromatic heterocycles. The largest absolute Gasteiger partial charge is 0.490 e. The van der Waals surface area contributed by atoms with Gasteiger partial charge in [-0.15, -0.1) is 0 Å². The van der Waals surface area contributed by atoms with Crippen molar-refractivity contribution in [2.45, 2.75) is 13.5 Å². The molecule has 0 saturated carbocycles. The highest BCUT2D eigenvalue weighted by Gasteiger charge is 2.13. The fourth-order valence-electron chi connectivity index (χ4n) is 2.90. The van der Waals surface area contributed by atoms with Gasteiger partial charge in [-0.3, -0.25) is 25.0 Å². The summed E-state index contributed by atoms with van der Waals surface area (Å²) in [5.41, 5.74) is 3.81. The number of amides is 1. The molecule has 0 heterocycles. The van der Waals surface area contributed by atoms with Crippen LogP contribution in [0.25, 0.3) is 0 Å². The normalized spacial score (nSPS) is 10.7. The van der Waals surface area contributed by atoms with Gasteiger partial charge >= 0.3 is 0 Å². The van der Waals surface area contributed by atoms with Gasteiger partial charge in [-0.1, -0.05) is 0 Å². The predicted octanol–water partition coefficient (Wildman–Crippen LogP) is 5.01. The van der Waals surface area contributed by atoms with E-state index < -0.39 is 15.8 Å². The number of nitrogens with one attached hydrogen (secondary N) is 1. The zero-order chi connectivity index (χ0) is 25.4. The fourth-order valence-corrected chi connectivity index (χ4v) is 3.47. The Bertz CT molecular complexity index is 1260. The number of nitro benzene ring substituents is 2. The Morgan fingerprint density at radius 3 is 2.17 bits per heavy atom. The van der Waals surface area contributed by atoms with Crippen LogP contribution in [0.5, 0.6) is 11.5 Å². The molecule has 12 heteroatoms. The second-order valence-corrected chi connectivity index (χ2v) is 7.83. The van der Waals surface area contributed by atoms with Gasteiger partial charge in [0, 0.05) is 29.8 Å². The van der Waals surface area contributed by atoms with Crippen molar-refractivity contribution in [3.05, 3.63) is 102 Å². The van der Waals surface area contributed by atoms with E-state index in [1.165, 1.54) is 42.6 Å². The van der Waals surface area contributed by atoms with Crippen molar-refractivity contribution in [3.63, 3.8) is 0 Å². The number of benzene rings is 3. The third-order valence-corrected chi connectivity index (χ3v) is 5.17. The second kappa shape index (κ2) is 11.7. The molecule has 0 spiro atoms. The number of carbonyl (C=O) groups excluding carboxylic acids is 1. The Hall–Kier alpha value is -4.32. The molecule has 0 aliphatic carbocycles. The van der Waals surface area contributed by atoms with Gasteiger partial charge < -0.3 is 9.47 Å². The third-order valence-electron chi connectivity index (χ3n) is 4.58. The molecule has 0 aliphatic heterocycles. The Morgan fingerprint density at radius 1 is 1.00 bits per heavy atom. The summed E-state index contributed by atoms with van der Waals surface area (Å²) in [6.45, 7) is 2.35. The van der Waals surface area contributed by atoms with Crippen LogP contribution in [0.15, 0.2) is 70.2 Å². The maximum Gasteiger partial charge on any atom is 0.271 e. The van der Waals surface area contributed by atoms with Crippen molar-refractivity contribution >= 4 is 39.4 Å². The minimum absolute atomic E-state index is 0.00533. The monoisotopic (exact) mass is 542 g/mol. The lowest BCUT2D eigenvalue weighted by molar-refractivity contribution is -0.385. The van der Waals surface area contributed by atoms with Gasteiger partial charge in [0.05, 0.1) is 27.1 Å². The van der Waals surface area contributed by atoms with E-state index in [-0.39, 0.29) is 23.5 Å². The molecule has 0 unspecified atom stereocenters. The average Bonchev–Trinajstić information content (AvgIpc) is 2.84. The SMILES string of the molecule is CCOc1cc(/C=N\NC(=O)c2ccc([N+](=O)[O-])cc2)cc(Br)c1OCc1ccc([N+](=O)[O-])cc1. The summed E-state index contributed by atoms with van der Waals surface area (Å²) in [5.74, 6) is 0.354. The maximum absolute atomic E-state index is 12.2. The van der Waals surface area contributed by atoms with Crippen molar-refractivity contribution in [2.24, 2.45) is 5.10 Å². The molecule has 0 fully saturated rings. The lowest BCUT2D eigenvalue weighted by Crippen LogP contribution is -2.17. The summed E-state index contributed by atoms with van der Waals surface area (Å²) in [5, 5.41) is 25.5. The van der Waals surface area contributed by atoms with E-state index in [9.17, 15) is 25.0 Å². The number of non-ortho nitro benzene ring substituents is 2. The van der Waals surface area contributed by atoms with E-state index in [2.05, 4.69) is 26.5 Å². The molecule has 0 saturated heterocycles. The van der Waals surface area contributed by atoms with E-state index in [4.69, 9.17) is 9.47 Å². The number of nitro groups is 2. The first-order valence-electron chi connectivity index (χ1n) is 10.2. The number of halogens is 1. The molecular weight excluding hydrogens is 524 g/mol. The van der Waals surface area contributed by atoms with Crippen LogP contribution in [0, 0.1) is 20.2 Å². The highest BCUT2D eigenvalue weighted by molar-refractivity contribution is 9.10. The molecule has 1 N–H and O–H groups in total. The molecule has 0 aliphatic rings. The Labute approximate surface area is 207 Å². The van der Waals surface area contributed by atoms with E-state index in [1.54, 1.807) is 24.3 Å². The zero-order valence-electron chi connectivity index (χ0n) is 18.3. The summed E-state index contributed by atoms with van der Waals surface area (Å²) < 4.78 is 12.1. The second-order valence-electron chi connectivity index (χ2n) is 6.98. The molecule has 35 heavy (non-hydrogen) atoms. The van der Waals surface area contributed by atoms with Gasteiger partial charge in [-0.25, -0.2) is 5.43 Å². The van der Waals surface area contributed by atoms with Crippen LogP contribution in [0.4, 0.5) is 11.4 Å². The van der Waals surface area contributed by atoms with Crippen LogP contribution in [0.2, 0.25) is 0 Å². The average molecular weight is 543 g/mol. The first-order valence-corrected chi connectivity index (χ1v) is 11.0. The first-order chi connectivity index (χ1) is 16.8. The predicted molar refractivity (Wildman–Crippen MR) is 131 cm³/mol. The lowest BCUT2D eigenvalue weighted by Gasteiger charge is -2.14. The molecule has 3 aromatic carbocycles. The molecule has 1 amide bonds. The number of hydrazone groups is 1. The summed E-state index contributed by atoms with van der Waals surface area (Å²) in [4.78, 5) is 32.7. The molecule has 0 radical (unpaired) electrons. The minimum Gasteiger partial charge on any atom is -0.490 e. The van der Waals surface area contributed by atoms with Crippen molar-refractivity contribution < 1.29 is 24.1 Å². The van der Waals surface area contributed by atoms with Gasteiger partial charge in [0.15, 0.2) is 11.5 Å². The van der Waals surface area contributed by atoms with Crippen LogP contribution in [-0.2, 0) is 6.61 Å². The van der Waals surface area contributed by atoms with Crippen molar-refractivity contribution in [1.82, 2.24) is 5.43 Å². The fraction of sp³-hybridized carbons (Fsp3) is 0.130. The minimum atomic E-state index is -0.549. The summed E-state index contributed by atoms with van der Waals surface area (Å²) >= 11 is 3.45. The Morgan fingerprint density at radius 2 is 1.60 bits per heavy atom. The van der Waals surface area contributed by atoms with E-state index in [0.29, 0.717) is 28.1 Å². The van der Waals surface area contributed by atoms with E-state index in [0.717, 1.165) is 5.56 Å². The van der Waals surface area contributed by atoms with Gasteiger partial charge in [-0.05, 0) is 70.4 Å².